The van der Waals surface area contributed by atoms with Crippen molar-refractivity contribution in [1.29, 1.82) is 0 Å². The first-order chi connectivity index (χ1) is 6.83. The summed E-state index contributed by atoms with van der Waals surface area (Å²) in [6.45, 7) is 2.03. The van der Waals surface area contributed by atoms with Crippen LogP contribution >= 0.6 is 11.3 Å². The molecule has 2 N–H and O–H groups in total. The minimum atomic E-state index is 0.666. The Morgan fingerprint density at radius 2 is 2.36 bits per heavy atom. The van der Waals surface area contributed by atoms with Gasteiger partial charge in [-0.2, -0.15) is 5.10 Å². The van der Waals surface area contributed by atoms with Crippen LogP contribution in [0, 0.1) is 0 Å². The lowest BCUT2D eigenvalue weighted by Crippen LogP contribution is -1.87. The van der Waals surface area contributed by atoms with Crippen LogP contribution in [-0.4, -0.2) is 27.2 Å². The number of H-pyrrole nitrogens is 1. The molecule has 0 amide bonds. The smallest absolute Gasteiger partial charge is 0.200 e. The standard InChI is InChI=1S/C8H11N5S/c1-3-6-11-7(13-12-6)5-4-14-8(9-2)10-5/h4H,3H2,1-2H3,(H,9,10)(H,11,12,13). The van der Waals surface area contributed by atoms with Gasteiger partial charge in [-0.15, -0.1) is 11.3 Å². The molecule has 2 aromatic heterocycles. The van der Waals surface area contributed by atoms with Gasteiger partial charge >= 0.3 is 0 Å². The Bertz CT molecular complexity index is 379. The van der Waals surface area contributed by atoms with Crippen molar-refractivity contribution >= 4 is 16.5 Å². The number of anilines is 1. The van der Waals surface area contributed by atoms with Gasteiger partial charge in [-0.05, 0) is 0 Å². The molecule has 0 radical (unpaired) electrons. The van der Waals surface area contributed by atoms with Crippen LogP contribution in [0.2, 0.25) is 0 Å². The lowest BCUT2D eigenvalue weighted by atomic mass is 10.4. The minimum Gasteiger partial charge on any atom is -0.365 e. The monoisotopic (exact) mass is 209 g/mol. The van der Waals surface area contributed by atoms with Crippen molar-refractivity contribution in [2.75, 3.05) is 12.4 Å². The van der Waals surface area contributed by atoms with E-state index in [1.54, 1.807) is 11.3 Å². The zero-order valence-electron chi connectivity index (χ0n) is 8.03. The molecule has 0 bridgehead atoms. The predicted molar refractivity (Wildman–Crippen MR) is 56.4 cm³/mol. The molecule has 0 aliphatic rings. The summed E-state index contributed by atoms with van der Waals surface area (Å²) in [7, 11) is 1.85. The topological polar surface area (TPSA) is 66.5 Å². The second-order valence-electron chi connectivity index (χ2n) is 2.75. The van der Waals surface area contributed by atoms with E-state index in [4.69, 9.17) is 0 Å². The maximum Gasteiger partial charge on any atom is 0.200 e. The van der Waals surface area contributed by atoms with E-state index in [0.29, 0.717) is 5.82 Å². The van der Waals surface area contributed by atoms with Crippen LogP contribution in [0.3, 0.4) is 0 Å². The summed E-state index contributed by atoms with van der Waals surface area (Å²) in [5.74, 6) is 1.55. The average molecular weight is 209 g/mol. The molecule has 0 unspecified atom stereocenters. The zero-order valence-corrected chi connectivity index (χ0v) is 8.85. The molecule has 0 aliphatic heterocycles. The van der Waals surface area contributed by atoms with Gasteiger partial charge < -0.3 is 5.32 Å². The Labute approximate surface area is 85.6 Å². The van der Waals surface area contributed by atoms with Crippen molar-refractivity contribution in [2.24, 2.45) is 0 Å². The Balaban J connectivity index is 2.29. The normalized spacial score (nSPS) is 10.4. The van der Waals surface area contributed by atoms with Crippen molar-refractivity contribution in [3.63, 3.8) is 0 Å². The van der Waals surface area contributed by atoms with Gasteiger partial charge in [0.05, 0.1) is 0 Å². The lowest BCUT2D eigenvalue weighted by molar-refractivity contribution is 0.946. The number of aryl methyl sites for hydroxylation is 1. The molecule has 0 saturated carbocycles. The number of hydrogen-bond acceptors (Lipinski definition) is 5. The first kappa shape index (κ1) is 9.14. The number of nitrogens with zero attached hydrogens (tertiary/aromatic N) is 3. The van der Waals surface area contributed by atoms with Gasteiger partial charge in [0.25, 0.3) is 0 Å². The average Bonchev–Trinajstić information content (AvgIpc) is 2.86. The Kier molecular flexibility index (Phi) is 2.45. The van der Waals surface area contributed by atoms with Crippen LogP contribution in [0.25, 0.3) is 11.5 Å². The number of rotatable bonds is 3. The van der Waals surface area contributed by atoms with Crippen molar-refractivity contribution in [3.05, 3.63) is 11.2 Å². The Morgan fingerprint density at radius 1 is 1.50 bits per heavy atom. The fourth-order valence-electron chi connectivity index (χ4n) is 1.06. The highest BCUT2D eigenvalue weighted by Crippen LogP contribution is 2.21. The van der Waals surface area contributed by atoms with Gasteiger partial charge in [0, 0.05) is 18.8 Å². The molecular formula is C8H11N5S. The van der Waals surface area contributed by atoms with E-state index in [9.17, 15) is 0 Å². The van der Waals surface area contributed by atoms with E-state index in [1.165, 1.54) is 0 Å². The van der Waals surface area contributed by atoms with Crippen LogP contribution in [0.4, 0.5) is 5.13 Å². The molecule has 0 aromatic carbocycles. The van der Waals surface area contributed by atoms with Crippen molar-refractivity contribution < 1.29 is 0 Å². The van der Waals surface area contributed by atoms with Crippen molar-refractivity contribution in [2.45, 2.75) is 13.3 Å². The first-order valence-electron chi connectivity index (χ1n) is 4.38. The summed E-state index contributed by atoms with van der Waals surface area (Å²) >= 11 is 1.55. The van der Waals surface area contributed by atoms with Crippen molar-refractivity contribution in [3.8, 4) is 11.5 Å². The molecule has 14 heavy (non-hydrogen) atoms. The third kappa shape index (κ3) is 1.60. The van der Waals surface area contributed by atoms with E-state index in [-0.39, 0.29) is 0 Å². The van der Waals surface area contributed by atoms with Gasteiger partial charge in [-0.3, -0.25) is 5.10 Å². The molecule has 0 spiro atoms. The second kappa shape index (κ2) is 3.75. The predicted octanol–water partition coefficient (Wildman–Crippen LogP) is 1.53. The van der Waals surface area contributed by atoms with Crippen LogP contribution in [-0.2, 0) is 6.42 Å². The van der Waals surface area contributed by atoms with E-state index in [1.807, 2.05) is 19.4 Å². The molecule has 0 atom stereocenters. The SMILES string of the molecule is CCc1nc(-c2csc(NC)n2)n[nH]1. The molecule has 2 aromatic rings. The molecule has 74 valence electrons. The number of aromatic nitrogens is 4. The highest BCUT2D eigenvalue weighted by atomic mass is 32.1. The van der Waals surface area contributed by atoms with Gasteiger partial charge in [0.2, 0.25) is 5.82 Å². The number of thiazole rings is 1. The molecule has 2 rings (SSSR count). The van der Waals surface area contributed by atoms with Gasteiger partial charge in [-0.1, -0.05) is 6.92 Å². The third-order valence-corrected chi connectivity index (χ3v) is 2.67. The molecule has 0 aliphatic carbocycles. The van der Waals surface area contributed by atoms with E-state index < -0.39 is 0 Å². The number of hydrogen-bond donors (Lipinski definition) is 2. The minimum absolute atomic E-state index is 0.666. The lowest BCUT2D eigenvalue weighted by Gasteiger charge is -1.87. The molecule has 5 nitrogen and oxygen atoms in total. The largest absolute Gasteiger partial charge is 0.365 e. The summed E-state index contributed by atoms with van der Waals surface area (Å²) in [4.78, 5) is 8.61. The molecule has 6 heteroatoms. The van der Waals surface area contributed by atoms with E-state index >= 15 is 0 Å². The summed E-state index contributed by atoms with van der Waals surface area (Å²) in [6, 6.07) is 0. The van der Waals surface area contributed by atoms with Crippen LogP contribution in [0.1, 0.15) is 12.7 Å². The van der Waals surface area contributed by atoms with Crippen LogP contribution in [0.15, 0.2) is 5.38 Å². The van der Waals surface area contributed by atoms with Crippen LogP contribution in [0.5, 0.6) is 0 Å². The number of aromatic amines is 1. The fraction of sp³-hybridized carbons (Fsp3) is 0.375. The molecule has 2 heterocycles. The molecule has 0 fully saturated rings. The third-order valence-electron chi connectivity index (χ3n) is 1.81. The van der Waals surface area contributed by atoms with Gasteiger partial charge in [-0.25, -0.2) is 9.97 Å². The Morgan fingerprint density at radius 3 is 2.93 bits per heavy atom. The first-order valence-corrected chi connectivity index (χ1v) is 5.26. The highest BCUT2D eigenvalue weighted by Gasteiger charge is 2.08. The fourth-order valence-corrected chi connectivity index (χ4v) is 1.71. The molecular weight excluding hydrogens is 198 g/mol. The zero-order chi connectivity index (χ0) is 9.97. The van der Waals surface area contributed by atoms with Crippen LogP contribution < -0.4 is 5.32 Å². The summed E-state index contributed by atoms with van der Waals surface area (Å²) < 4.78 is 0. The maximum atomic E-state index is 4.31. The van der Waals surface area contributed by atoms with Gasteiger partial charge in [0.15, 0.2) is 5.13 Å². The summed E-state index contributed by atoms with van der Waals surface area (Å²) in [6.07, 6.45) is 0.857. The quantitative estimate of drug-likeness (QED) is 0.804. The number of nitrogens with one attached hydrogen (secondary N) is 2. The summed E-state index contributed by atoms with van der Waals surface area (Å²) in [5.41, 5.74) is 0.815. The summed E-state index contributed by atoms with van der Waals surface area (Å²) in [5, 5.41) is 12.7. The van der Waals surface area contributed by atoms with Gasteiger partial charge in [0.1, 0.15) is 11.5 Å². The highest BCUT2D eigenvalue weighted by molar-refractivity contribution is 7.14. The van der Waals surface area contributed by atoms with Crippen molar-refractivity contribution in [1.82, 2.24) is 20.2 Å². The molecule has 0 saturated heterocycles. The second-order valence-corrected chi connectivity index (χ2v) is 3.61. The van der Waals surface area contributed by atoms with E-state index in [0.717, 1.165) is 23.1 Å². The van der Waals surface area contributed by atoms with E-state index in [2.05, 4.69) is 25.5 Å². The maximum absolute atomic E-state index is 4.31. The Hall–Kier alpha value is -1.43.